The maximum absolute atomic E-state index is 2.78. The average Bonchev–Trinajstić information content (AvgIpc) is 1.47. The predicted octanol–water partition coefficient (Wildman–Crippen LogP) is 28.9. The van der Waals surface area contributed by atoms with Gasteiger partial charge in [-0.1, -0.05) is 350 Å². The Morgan fingerprint density at radius 3 is 1.13 bits per heavy atom. The van der Waals surface area contributed by atoms with E-state index < -0.39 is 5.41 Å². The van der Waals surface area contributed by atoms with E-state index in [2.05, 4.69) is 312 Å². The van der Waals surface area contributed by atoms with Crippen molar-refractivity contribution in [3.63, 3.8) is 0 Å². The topological polar surface area (TPSA) is 0 Å². The van der Waals surface area contributed by atoms with Crippen LogP contribution in [0.2, 0.25) is 0 Å². The summed E-state index contributed by atoms with van der Waals surface area (Å²) in [5.74, 6) is 0. The molecule has 14 aromatic rings. The van der Waals surface area contributed by atoms with Gasteiger partial charge in [0.05, 0.1) is 5.41 Å². The van der Waals surface area contributed by atoms with E-state index in [-0.39, 0.29) is 16.2 Å². The fourth-order valence-electron chi connectivity index (χ4n) is 18.5. The predicted molar refractivity (Wildman–Crippen MR) is 434 cm³/mol. The third-order valence-electron chi connectivity index (χ3n) is 23.7. The lowest BCUT2D eigenvalue weighted by Crippen LogP contribution is -2.29. The zero-order valence-corrected chi connectivity index (χ0v) is 61.0. The first kappa shape index (κ1) is 65.3. The molecule has 0 N–H and O–H groups in total. The van der Waals surface area contributed by atoms with Crippen molar-refractivity contribution in [2.75, 3.05) is 0 Å². The summed E-state index contributed by atoms with van der Waals surface area (Å²) in [6.45, 7) is 23.4. The largest absolute Gasteiger partial charge is 0.0713 e. The van der Waals surface area contributed by atoms with Gasteiger partial charge in [-0.05, 0) is 239 Å². The number of benzene rings is 14. The van der Waals surface area contributed by atoms with Crippen LogP contribution in [0.3, 0.4) is 0 Å². The van der Waals surface area contributed by atoms with Crippen LogP contribution in [0.15, 0.2) is 243 Å². The van der Waals surface area contributed by atoms with Crippen LogP contribution in [0.1, 0.15) is 201 Å². The minimum Gasteiger partial charge on any atom is -0.0654 e. The highest BCUT2D eigenvalue weighted by molar-refractivity contribution is 6.31. The van der Waals surface area contributed by atoms with Crippen molar-refractivity contribution in [2.24, 2.45) is 0 Å². The SMILES string of the molecule is CCCCCCCCC1(CCCCCCCC)c2cc(-c3ccc4c(-c5c6ccccc6cc6ccccc56)c5cc(C)ccc5c(-c5c6ccccc6cc6ccccc56)c4c3)ccc2-c2cc3c(cc21)-c1ccc(C)cc1C3(c1ccc(C(C)(C)C)cc1)c1ccc(C(C)(C)C)cc1. The van der Waals surface area contributed by atoms with Crippen LogP contribution < -0.4 is 0 Å². The van der Waals surface area contributed by atoms with Crippen LogP contribution in [0.25, 0.3) is 120 Å². The second-order valence-corrected chi connectivity index (χ2v) is 32.2. The molecule has 0 fully saturated rings. The van der Waals surface area contributed by atoms with Crippen molar-refractivity contribution in [2.45, 2.75) is 181 Å². The van der Waals surface area contributed by atoms with Crippen molar-refractivity contribution in [1.29, 1.82) is 0 Å². The summed E-state index contributed by atoms with van der Waals surface area (Å²) in [6, 6.07) is 96.7. The average molecular weight is 1300 g/mol. The second kappa shape index (κ2) is 26.0. The lowest BCUT2D eigenvalue weighted by atomic mass is 9.66. The van der Waals surface area contributed by atoms with Gasteiger partial charge in [0, 0.05) is 5.41 Å². The Hall–Kier alpha value is -9.36. The van der Waals surface area contributed by atoms with Crippen molar-refractivity contribution in [3.8, 4) is 55.6 Å². The minimum atomic E-state index is -0.555. The lowest BCUT2D eigenvalue weighted by Gasteiger charge is -2.36. The summed E-state index contributed by atoms with van der Waals surface area (Å²) in [7, 11) is 0. The molecule has 498 valence electrons. The molecule has 0 saturated heterocycles. The summed E-state index contributed by atoms with van der Waals surface area (Å²) in [5, 5.41) is 15.3. The van der Waals surface area contributed by atoms with Crippen molar-refractivity contribution < 1.29 is 0 Å². The Kier molecular flexibility index (Phi) is 17.0. The monoisotopic (exact) mass is 1300 g/mol. The Bertz CT molecular complexity index is 5300. The standard InChI is InChI=1S/C100H98/c1-11-13-15-17-19-29-55-99(56-30-20-18-16-14-12-2)89-62-68(41-53-81(89)85-64-92-86(63-90(85)99)82-51-39-66(4)58-91(82)100(92,75-47-43-73(44-48-75)97(5,6)7)76-49-45-74(46-50-76)98(8,9)10)67-42-54-84-88(61-67)96(94-79-37-27-23-33-71(79)60-72-34-24-28-38-80(72)94)83-52-40-65(3)57-87(83)95(84)93-77-35-25-21-31-69(77)59-70-32-22-26-36-78(70)93/h21-28,31-54,57-64H,11-20,29-30,55-56H2,1-10H3. The molecule has 0 atom stereocenters. The highest BCUT2D eigenvalue weighted by Gasteiger charge is 2.50. The van der Waals surface area contributed by atoms with E-state index in [1.165, 1.54) is 247 Å². The molecule has 100 heavy (non-hydrogen) atoms. The molecule has 0 unspecified atom stereocenters. The molecule has 0 radical (unpaired) electrons. The molecule has 16 rings (SSSR count). The molecule has 0 spiro atoms. The number of unbranched alkanes of at least 4 members (excludes halogenated alkanes) is 10. The second-order valence-electron chi connectivity index (χ2n) is 32.2. The van der Waals surface area contributed by atoms with Crippen LogP contribution in [0.5, 0.6) is 0 Å². The van der Waals surface area contributed by atoms with Crippen LogP contribution >= 0.6 is 0 Å². The molecule has 0 amide bonds. The molecule has 0 saturated carbocycles. The van der Waals surface area contributed by atoms with Gasteiger partial charge in [-0.2, -0.15) is 0 Å². The third-order valence-corrected chi connectivity index (χ3v) is 23.7. The quantitative estimate of drug-likeness (QED) is 0.0559. The Morgan fingerprint density at radius 2 is 0.630 bits per heavy atom. The Balaban J connectivity index is 0.977. The van der Waals surface area contributed by atoms with Crippen molar-refractivity contribution in [3.05, 3.63) is 298 Å². The molecular formula is C100H98. The van der Waals surface area contributed by atoms with E-state index in [0.29, 0.717) is 0 Å². The zero-order valence-electron chi connectivity index (χ0n) is 61.0. The molecule has 0 bridgehead atoms. The van der Waals surface area contributed by atoms with E-state index in [0.717, 1.165) is 12.8 Å². The van der Waals surface area contributed by atoms with Crippen molar-refractivity contribution in [1.82, 2.24) is 0 Å². The summed E-state index contributed by atoms with van der Waals surface area (Å²) < 4.78 is 0. The molecule has 0 nitrogen and oxygen atoms in total. The number of hydrogen-bond acceptors (Lipinski definition) is 0. The molecule has 0 heterocycles. The van der Waals surface area contributed by atoms with Gasteiger partial charge >= 0.3 is 0 Å². The third kappa shape index (κ3) is 11.0. The van der Waals surface area contributed by atoms with Gasteiger partial charge in [-0.25, -0.2) is 0 Å². The maximum atomic E-state index is 2.78. The summed E-state index contributed by atoms with van der Waals surface area (Å²) in [4.78, 5) is 0. The zero-order chi connectivity index (χ0) is 68.7. The molecular weight excluding hydrogens is 1200 g/mol. The van der Waals surface area contributed by atoms with Crippen molar-refractivity contribution >= 4 is 64.6 Å². The van der Waals surface area contributed by atoms with E-state index >= 15 is 0 Å². The maximum Gasteiger partial charge on any atom is 0.0713 e. The number of aryl methyl sites for hydroxylation is 2. The van der Waals surface area contributed by atoms with Crippen LogP contribution in [-0.2, 0) is 21.7 Å². The van der Waals surface area contributed by atoms with E-state index in [4.69, 9.17) is 0 Å². The first-order valence-electron chi connectivity index (χ1n) is 38.1. The van der Waals surface area contributed by atoms with Gasteiger partial charge in [0.1, 0.15) is 0 Å². The van der Waals surface area contributed by atoms with E-state index in [1.54, 1.807) is 5.56 Å². The highest BCUT2D eigenvalue weighted by Crippen LogP contribution is 2.63. The van der Waals surface area contributed by atoms with Crippen LogP contribution in [0, 0.1) is 13.8 Å². The lowest BCUT2D eigenvalue weighted by molar-refractivity contribution is 0.398. The number of hydrogen-bond donors (Lipinski definition) is 0. The Labute approximate surface area is 595 Å². The van der Waals surface area contributed by atoms with Gasteiger partial charge in [0.25, 0.3) is 0 Å². The first-order chi connectivity index (χ1) is 48.6. The normalized spacial score (nSPS) is 13.8. The van der Waals surface area contributed by atoms with Gasteiger partial charge in [-0.15, -0.1) is 0 Å². The molecule has 14 aromatic carbocycles. The van der Waals surface area contributed by atoms with Gasteiger partial charge < -0.3 is 0 Å². The summed E-state index contributed by atoms with van der Waals surface area (Å²) in [6.07, 6.45) is 17.5. The van der Waals surface area contributed by atoms with Gasteiger partial charge in [-0.3, -0.25) is 0 Å². The van der Waals surface area contributed by atoms with Crippen LogP contribution in [0.4, 0.5) is 0 Å². The minimum absolute atomic E-state index is 0.0189. The van der Waals surface area contributed by atoms with Gasteiger partial charge in [0.15, 0.2) is 0 Å². The molecule has 0 aliphatic heterocycles. The number of rotatable bonds is 19. The van der Waals surface area contributed by atoms with E-state index in [9.17, 15) is 0 Å². The first-order valence-corrected chi connectivity index (χ1v) is 38.1. The smallest absolute Gasteiger partial charge is 0.0654 e. The highest BCUT2D eigenvalue weighted by atomic mass is 14.5. The Morgan fingerprint density at radius 1 is 0.270 bits per heavy atom. The molecule has 2 aliphatic carbocycles. The van der Waals surface area contributed by atoms with Crippen LogP contribution in [-0.4, -0.2) is 0 Å². The van der Waals surface area contributed by atoms with E-state index in [1.807, 2.05) is 0 Å². The molecule has 2 aliphatic rings. The van der Waals surface area contributed by atoms with Gasteiger partial charge in [0.2, 0.25) is 0 Å². The number of fused-ring (bicyclic) bond motifs is 12. The molecule has 0 heteroatoms. The fraction of sp³-hybridized carbons (Fsp3) is 0.280. The summed E-state index contributed by atoms with van der Waals surface area (Å²) in [5.41, 5.74) is 26.5. The summed E-state index contributed by atoms with van der Waals surface area (Å²) >= 11 is 0. The fourth-order valence-corrected chi connectivity index (χ4v) is 18.5. The molecule has 0 aromatic heterocycles.